The second-order valence-electron chi connectivity index (χ2n) is 10.3. The number of hydrogen-bond donors (Lipinski definition) is 1. The number of nitrogens with zero attached hydrogens (tertiary/aromatic N) is 3. The summed E-state index contributed by atoms with van der Waals surface area (Å²) in [6.07, 6.45) is 9.64. The first-order valence-corrected chi connectivity index (χ1v) is 16.1. The van der Waals surface area contributed by atoms with Crippen LogP contribution in [0.4, 0.5) is 0 Å². The number of hydrogen-bond acceptors (Lipinski definition) is 6. The Kier molecular flexibility index (Phi) is 12.2. The monoisotopic (exact) mass is 603 g/mol. The topological polar surface area (TPSA) is 65.4 Å². The fraction of sp³-hybridized carbons (Fsp3) is 0.484. The number of rotatable bonds is 13. The minimum absolute atomic E-state index is 0.158. The average Bonchev–Trinajstić information content (AvgIpc) is 2.97. The zero-order valence-electron chi connectivity index (χ0n) is 23.2. The molecule has 9 heteroatoms. The maximum Gasteiger partial charge on any atom is 0.336 e. The van der Waals surface area contributed by atoms with Crippen molar-refractivity contribution < 1.29 is 14.6 Å². The van der Waals surface area contributed by atoms with Crippen molar-refractivity contribution in [1.29, 1.82) is 0 Å². The van der Waals surface area contributed by atoms with Gasteiger partial charge in [0.25, 0.3) is 0 Å². The maximum atomic E-state index is 12.8. The summed E-state index contributed by atoms with van der Waals surface area (Å²) in [6, 6.07) is 15.1. The van der Waals surface area contributed by atoms with Gasteiger partial charge < -0.3 is 19.6 Å². The van der Waals surface area contributed by atoms with Crippen LogP contribution in [0.2, 0.25) is 10.0 Å². The molecule has 1 N–H and O–H groups in total. The molecule has 1 fully saturated rings. The number of carboxylic acid groups (broad SMARTS) is 1. The molecule has 0 aromatic heterocycles. The van der Waals surface area contributed by atoms with E-state index in [4.69, 9.17) is 32.9 Å². The lowest BCUT2D eigenvalue weighted by molar-refractivity contribution is -0.133. The Morgan fingerprint density at radius 2 is 1.80 bits per heavy atom. The normalized spacial score (nSPS) is 18.2. The van der Waals surface area contributed by atoms with E-state index in [1.54, 1.807) is 12.1 Å². The summed E-state index contributed by atoms with van der Waals surface area (Å²) in [6.45, 7) is 4.86. The standard InChI is InChI=1S/C31H39Cl2N3O3S/c1-40-31-34-27(22-39-20-9-8-18-35-16-6-3-7-17-35)28(30(37)38)29(24-14-15-25(32)26(33)21-24)36(31)19-10-13-23-11-4-2-5-12-23/h2,4-5,11-12,14-15,21,29H,3,6-10,13,16-20,22H2,1H3,(H,37,38). The predicted molar refractivity (Wildman–Crippen MR) is 167 cm³/mol. The Morgan fingerprint density at radius 3 is 2.50 bits per heavy atom. The second-order valence-corrected chi connectivity index (χ2v) is 11.9. The van der Waals surface area contributed by atoms with Gasteiger partial charge in [0, 0.05) is 13.2 Å². The number of halogens is 2. The molecule has 2 aliphatic rings. The number of likely N-dealkylation sites (tertiary alicyclic amines) is 1. The molecular formula is C31H39Cl2N3O3S. The second kappa shape index (κ2) is 15.8. The SMILES string of the molecule is CSC1=NC(COCCCCN2CCCCC2)=C(C(=O)O)C(c2ccc(Cl)c(Cl)c2)N1CCCc1ccccc1. The Morgan fingerprint density at radius 1 is 1.02 bits per heavy atom. The summed E-state index contributed by atoms with van der Waals surface area (Å²) in [5, 5.41) is 12.1. The third kappa shape index (κ3) is 8.49. The van der Waals surface area contributed by atoms with Gasteiger partial charge in [0.15, 0.2) is 5.17 Å². The summed E-state index contributed by atoms with van der Waals surface area (Å²) in [5.41, 5.74) is 2.70. The number of carbonyl (C=O) groups is 1. The van der Waals surface area contributed by atoms with Crippen molar-refractivity contribution in [2.24, 2.45) is 4.99 Å². The zero-order chi connectivity index (χ0) is 28.3. The molecule has 216 valence electrons. The number of aliphatic carboxylic acids is 1. The molecule has 6 nitrogen and oxygen atoms in total. The molecular weight excluding hydrogens is 565 g/mol. The first-order valence-electron chi connectivity index (χ1n) is 14.1. The van der Waals surface area contributed by atoms with E-state index < -0.39 is 12.0 Å². The van der Waals surface area contributed by atoms with Gasteiger partial charge in [-0.05, 0) is 87.7 Å². The van der Waals surface area contributed by atoms with Gasteiger partial charge in [-0.2, -0.15) is 0 Å². The molecule has 0 amide bonds. The van der Waals surface area contributed by atoms with Crippen molar-refractivity contribution in [2.45, 2.75) is 51.0 Å². The molecule has 1 unspecified atom stereocenters. The van der Waals surface area contributed by atoms with Crippen LogP contribution in [-0.4, -0.2) is 71.7 Å². The van der Waals surface area contributed by atoms with Crippen LogP contribution >= 0.6 is 35.0 Å². The molecule has 1 saturated heterocycles. The summed E-state index contributed by atoms with van der Waals surface area (Å²) < 4.78 is 6.02. The van der Waals surface area contributed by atoms with Crippen LogP contribution in [0.25, 0.3) is 0 Å². The maximum absolute atomic E-state index is 12.8. The fourth-order valence-electron chi connectivity index (χ4n) is 5.42. The van der Waals surface area contributed by atoms with Crippen LogP contribution in [0.3, 0.4) is 0 Å². The van der Waals surface area contributed by atoms with Gasteiger partial charge in [0.2, 0.25) is 0 Å². The van der Waals surface area contributed by atoms with Gasteiger partial charge >= 0.3 is 5.97 Å². The van der Waals surface area contributed by atoms with E-state index in [2.05, 4.69) is 21.9 Å². The minimum atomic E-state index is -1.00. The molecule has 4 rings (SSSR count). The molecule has 0 saturated carbocycles. The fourth-order valence-corrected chi connectivity index (χ4v) is 6.36. The number of benzene rings is 2. The number of piperidine rings is 1. The number of amidine groups is 1. The van der Waals surface area contributed by atoms with E-state index in [-0.39, 0.29) is 12.2 Å². The average molecular weight is 605 g/mol. The van der Waals surface area contributed by atoms with E-state index in [9.17, 15) is 9.90 Å². The van der Waals surface area contributed by atoms with Crippen molar-refractivity contribution in [3.8, 4) is 0 Å². The molecule has 2 aromatic carbocycles. The van der Waals surface area contributed by atoms with Crippen molar-refractivity contribution in [1.82, 2.24) is 9.80 Å². The van der Waals surface area contributed by atoms with Crippen LogP contribution in [-0.2, 0) is 16.0 Å². The Labute approximate surface area is 252 Å². The van der Waals surface area contributed by atoms with Crippen molar-refractivity contribution >= 4 is 46.1 Å². The lowest BCUT2D eigenvalue weighted by atomic mass is 9.94. The lowest BCUT2D eigenvalue weighted by Crippen LogP contribution is -2.40. The van der Waals surface area contributed by atoms with Crippen LogP contribution in [0.1, 0.15) is 55.7 Å². The smallest absolute Gasteiger partial charge is 0.336 e. The summed E-state index contributed by atoms with van der Waals surface area (Å²) >= 11 is 14.2. The number of thioether (sulfide) groups is 1. The van der Waals surface area contributed by atoms with Gasteiger partial charge in [0.1, 0.15) is 0 Å². The first kappa shape index (κ1) is 30.9. The van der Waals surface area contributed by atoms with Crippen LogP contribution < -0.4 is 0 Å². The number of aryl methyl sites for hydroxylation is 1. The van der Waals surface area contributed by atoms with Crippen molar-refractivity contribution in [3.63, 3.8) is 0 Å². The van der Waals surface area contributed by atoms with Crippen LogP contribution in [0.5, 0.6) is 0 Å². The number of unbranched alkanes of at least 4 members (excludes halogenated alkanes) is 1. The lowest BCUT2D eigenvalue weighted by Gasteiger charge is -2.38. The molecule has 2 aromatic rings. The van der Waals surface area contributed by atoms with E-state index in [0.717, 1.165) is 43.0 Å². The third-order valence-electron chi connectivity index (χ3n) is 7.45. The molecule has 2 aliphatic heterocycles. The molecule has 0 bridgehead atoms. The molecule has 0 aliphatic carbocycles. The third-order valence-corrected chi connectivity index (χ3v) is 8.88. The summed E-state index contributed by atoms with van der Waals surface area (Å²) in [4.78, 5) is 22.2. The quantitative estimate of drug-likeness (QED) is 0.242. The molecule has 40 heavy (non-hydrogen) atoms. The van der Waals surface area contributed by atoms with Gasteiger partial charge in [0.05, 0.1) is 34.0 Å². The van der Waals surface area contributed by atoms with Gasteiger partial charge in [-0.15, -0.1) is 0 Å². The molecule has 0 spiro atoms. The zero-order valence-corrected chi connectivity index (χ0v) is 25.5. The highest BCUT2D eigenvalue weighted by Crippen LogP contribution is 2.39. The van der Waals surface area contributed by atoms with E-state index >= 15 is 0 Å². The van der Waals surface area contributed by atoms with Crippen molar-refractivity contribution in [3.05, 3.63) is 81.0 Å². The Bertz CT molecular complexity index is 1190. The van der Waals surface area contributed by atoms with Gasteiger partial charge in [-0.1, -0.05) is 77.8 Å². The molecule has 2 heterocycles. The number of carboxylic acids is 1. The molecule has 0 radical (unpaired) electrons. The Hall–Kier alpha value is -2.03. The largest absolute Gasteiger partial charge is 0.478 e. The number of aliphatic imine (C=N–C) groups is 1. The van der Waals surface area contributed by atoms with Crippen molar-refractivity contribution in [2.75, 3.05) is 45.6 Å². The van der Waals surface area contributed by atoms with Gasteiger partial charge in [-0.3, -0.25) is 0 Å². The highest BCUT2D eigenvalue weighted by molar-refractivity contribution is 8.13. The predicted octanol–water partition coefficient (Wildman–Crippen LogP) is 7.32. The first-order chi connectivity index (χ1) is 19.5. The van der Waals surface area contributed by atoms with Crippen LogP contribution in [0.15, 0.2) is 64.8 Å². The Balaban J connectivity index is 1.50. The van der Waals surface area contributed by atoms with E-state index in [0.29, 0.717) is 28.9 Å². The summed E-state index contributed by atoms with van der Waals surface area (Å²) in [7, 11) is 0. The molecule has 1 atom stereocenters. The highest BCUT2D eigenvalue weighted by Gasteiger charge is 2.37. The minimum Gasteiger partial charge on any atom is -0.478 e. The van der Waals surface area contributed by atoms with Gasteiger partial charge in [-0.25, -0.2) is 9.79 Å². The van der Waals surface area contributed by atoms with E-state index in [1.165, 1.54) is 49.7 Å². The summed E-state index contributed by atoms with van der Waals surface area (Å²) in [5.74, 6) is -1.00. The van der Waals surface area contributed by atoms with E-state index in [1.807, 2.05) is 30.5 Å². The highest BCUT2D eigenvalue weighted by atomic mass is 35.5. The number of ether oxygens (including phenoxy) is 1. The van der Waals surface area contributed by atoms with Crippen LogP contribution in [0, 0.1) is 0 Å².